The summed E-state index contributed by atoms with van der Waals surface area (Å²) in [6.07, 6.45) is 2.39. The lowest BCUT2D eigenvalue weighted by Gasteiger charge is -2.13. The molecule has 0 heterocycles. The van der Waals surface area contributed by atoms with Gasteiger partial charge in [0.05, 0.1) is 12.2 Å². The van der Waals surface area contributed by atoms with E-state index in [1.807, 2.05) is 44.2 Å². The van der Waals surface area contributed by atoms with E-state index in [9.17, 15) is 0 Å². The van der Waals surface area contributed by atoms with Gasteiger partial charge < -0.3 is 24.1 Å². The van der Waals surface area contributed by atoms with Crippen LogP contribution >= 0.6 is 0 Å². The standard InChI is InChI=1S/C16H26O4.C6H6O/c1-5-13(3)17-11-19-15-7-9-16(10-8-15)20-12-18-14(4)6-2;7-6-4-2-1-3-5-6/h7-10,13-14H,5-6,11-12H2,1-4H3;1-5,7H. The molecule has 5 heteroatoms. The summed E-state index contributed by atoms with van der Waals surface area (Å²) < 4.78 is 21.9. The zero-order chi connectivity index (χ0) is 19.9. The quantitative estimate of drug-likeness (QED) is 0.564. The van der Waals surface area contributed by atoms with Crippen LogP contribution in [0.25, 0.3) is 0 Å². The number of rotatable bonds is 10. The minimum Gasteiger partial charge on any atom is -0.508 e. The Morgan fingerprint density at radius 3 is 1.41 bits per heavy atom. The molecule has 0 radical (unpaired) electrons. The van der Waals surface area contributed by atoms with Crippen LogP contribution in [-0.4, -0.2) is 30.9 Å². The topological polar surface area (TPSA) is 57.2 Å². The van der Waals surface area contributed by atoms with E-state index >= 15 is 0 Å². The fourth-order valence-corrected chi connectivity index (χ4v) is 1.73. The van der Waals surface area contributed by atoms with Crippen LogP contribution in [-0.2, 0) is 9.47 Å². The first-order valence-electron chi connectivity index (χ1n) is 9.38. The van der Waals surface area contributed by atoms with Crippen LogP contribution in [0.2, 0.25) is 0 Å². The lowest BCUT2D eigenvalue weighted by molar-refractivity contribution is -0.0309. The number of phenolic OH excluding ortho intramolecular Hbond substituents is 1. The van der Waals surface area contributed by atoms with Crippen molar-refractivity contribution in [1.82, 2.24) is 0 Å². The van der Waals surface area contributed by atoms with Crippen LogP contribution in [0.3, 0.4) is 0 Å². The van der Waals surface area contributed by atoms with Crippen LogP contribution in [0.1, 0.15) is 40.5 Å². The molecule has 0 saturated carbocycles. The van der Waals surface area contributed by atoms with E-state index in [1.54, 1.807) is 24.3 Å². The molecule has 2 rings (SSSR count). The molecule has 2 aromatic rings. The van der Waals surface area contributed by atoms with Gasteiger partial charge in [0.15, 0.2) is 13.6 Å². The summed E-state index contributed by atoms with van der Waals surface area (Å²) in [5.41, 5.74) is 0. The summed E-state index contributed by atoms with van der Waals surface area (Å²) in [5, 5.41) is 8.63. The summed E-state index contributed by atoms with van der Waals surface area (Å²) in [4.78, 5) is 0. The minimum atomic E-state index is 0.218. The Labute approximate surface area is 162 Å². The summed E-state index contributed by atoms with van der Waals surface area (Å²) in [5.74, 6) is 1.86. The zero-order valence-corrected chi connectivity index (χ0v) is 16.8. The average Bonchev–Trinajstić information content (AvgIpc) is 2.70. The second kappa shape index (κ2) is 13.9. The van der Waals surface area contributed by atoms with E-state index in [4.69, 9.17) is 24.1 Å². The van der Waals surface area contributed by atoms with Crippen LogP contribution < -0.4 is 9.47 Å². The molecule has 0 fully saturated rings. The van der Waals surface area contributed by atoms with Gasteiger partial charge in [-0.1, -0.05) is 32.0 Å². The molecule has 150 valence electrons. The normalized spacial score (nSPS) is 12.4. The highest BCUT2D eigenvalue weighted by molar-refractivity contribution is 5.31. The van der Waals surface area contributed by atoms with Gasteiger partial charge in [0.1, 0.15) is 17.2 Å². The van der Waals surface area contributed by atoms with Gasteiger partial charge in [0.25, 0.3) is 0 Å². The molecule has 2 atom stereocenters. The maximum absolute atomic E-state index is 8.63. The highest BCUT2D eigenvalue weighted by Crippen LogP contribution is 2.18. The van der Waals surface area contributed by atoms with E-state index in [2.05, 4.69) is 13.8 Å². The predicted molar refractivity (Wildman–Crippen MR) is 107 cm³/mol. The van der Waals surface area contributed by atoms with Gasteiger partial charge in [-0.05, 0) is 63.1 Å². The summed E-state index contributed by atoms with van der Waals surface area (Å²) in [7, 11) is 0. The largest absolute Gasteiger partial charge is 0.508 e. The number of ether oxygens (including phenoxy) is 4. The predicted octanol–water partition coefficient (Wildman–Crippen LogP) is 5.38. The fourth-order valence-electron chi connectivity index (χ4n) is 1.73. The lowest BCUT2D eigenvalue weighted by Crippen LogP contribution is -2.12. The summed E-state index contributed by atoms with van der Waals surface area (Å²) in [6, 6.07) is 16.2. The van der Waals surface area contributed by atoms with Crippen molar-refractivity contribution in [1.29, 1.82) is 0 Å². The van der Waals surface area contributed by atoms with Crippen molar-refractivity contribution >= 4 is 0 Å². The van der Waals surface area contributed by atoms with E-state index in [0.717, 1.165) is 24.3 Å². The second-order valence-electron chi connectivity index (χ2n) is 6.10. The molecule has 27 heavy (non-hydrogen) atoms. The maximum Gasteiger partial charge on any atom is 0.189 e. The smallest absolute Gasteiger partial charge is 0.189 e. The van der Waals surface area contributed by atoms with Crippen LogP contribution in [0.5, 0.6) is 17.2 Å². The van der Waals surface area contributed by atoms with E-state index in [0.29, 0.717) is 5.75 Å². The molecule has 0 bridgehead atoms. The van der Waals surface area contributed by atoms with Crippen molar-refractivity contribution in [3.63, 3.8) is 0 Å². The first kappa shape index (κ1) is 22.8. The number of benzene rings is 2. The zero-order valence-electron chi connectivity index (χ0n) is 16.8. The van der Waals surface area contributed by atoms with Crippen molar-refractivity contribution in [2.75, 3.05) is 13.6 Å². The average molecular weight is 376 g/mol. The van der Waals surface area contributed by atoms with E-state index in [1.165, 1.54) is 0 Å². The Morgan fingerprint density at radius 1 is 0.704 bits per heavy atom. The number of phenols is 1. The second-order valence-corrected chi connectivity index (χ2v) is 6.10. The number of aromatic hydroxyl groups is 1. The van der Waals surface area contributed by atoms with E-state index < -0.39 is 0 Å². The fraction of sp³-hybridized carbons (Fsp3) is 0.455. The van der Waals surface area contributed by atoms with Crippen molar-refractivity contribution in [2.45, 2.75) is 52.7 Å². The van der Waals surface area contributed by atoms with Gasteiger partial charge in [0, 0.05) is 0 Å². The molecule has 0 spiro atoms. The number of para-hydroxylation sites is 1. The van der Waals surface area contributed by atoms with Crippen molar-refractivity contribution in [3.05, 3.63) is 54.6 Å². The molecule has 2 unspecified atom stereocenters. The van der Waals surface area contributed by atoms with Crippen LogP contribution in [0.4, 0.5) is 0 Å². The molecule has 0 amide bonds. The van der Waals surface area contributed by atoms with Gasteiger partial charge in [-0.15, -0.1) is 0 Å². The van der Waals surface area contributed by atoms with Crippen molar-refractivity contribution < 1.29 is 24.1 Å². The van der Waals surface area contributed by atoms with Gasteiger partial charge in [-0.3, -0.25) is 0 Å². The number of hydrogen-bond donors (Lipinski definition) is 1. The molecule has 0 aromatic heterocycles. The van der Waals surface area contributed by atoms with Crippen molar-refractivity contribution in [2.24, 2.45) is 0 Å². The van der Waals surface area contributed by atoms with E-state index in [-0.39, 0.29) is 25.8 Å². The summed E-state index contributed by atoms with van der Waals surface area (Å²) in [6.45, 7) is 8.75. The Kier molecular flexibility index (Phi) is 11.7. The van der Waals surface area contributed by atoms with Crippen LogP contribution in [0.15, 0.2) is 54.6 Å². The number of hydrogen-bond acceptors (Lipinski definition) is 5. The Hall–Kier alpha value is -2.24. The highest BCUT2D eigenvalue weighted by Gasteiger charge is 2.01. The monoisotopic (exact) mass is 376 g/mol. The minimum absolute atomic E-state index is 0.218. The molecule has 1 N–H and O–H groups in total. The van der Waals surface area contributed by atoms with Gasteiger partial charge in [-0.2, -0.15) is 0 Å². The SMILES string of the molecule is CCC(C)OCOc1ccc(OCOC(C)CC)cc1.Oc1ccccc1. The first-order chi connectivity index (χ1) is 13.0. The molecule has 0 aliphatic carbocycles. The maximum atomic E-state index is 8.63. The molecular formula is C22H32O5. The van der Waals surface area contributed by atoms with Crippen LogP contribution in [0, 0.1) is 0 Å². The third-order valence-corrected chi connectivity index (χ3v) is 3.89. The van der Waals surface area contributed by atoms with Gasteiger partial charge in [0.2, 0.25) is 0 Å². The van der Waals surface area contributed by atoms with Gasteiger partial charge in [-0.25, -0.2) is 0 Å². The third kappa shape index (κ3) is 11.2. The first-order valence-corrected chi connectivity index (χ1v) is 9.38. The molecular weight excluding hydrogens is 344 g/mol. The Morgan fingerprint density at radius 2 is 1.11 bits per heavy atom. The molecule has 0 aliphatic rings. The molecule has 5 nitrogen and oxygen atoms in total. The summed E-state index contributed by atoms with van der Waals surface area (Å²) >= 11 is 0. The van der Waals surface area contributed by atoms with Gasteiger partial charge >= 0.3 is 0 Å². The lowest BCUT2D eigenvalue weighted by atomic mass is 10.3. The molecule has 0 aliphatic heterocycles. The third-order valence-electron chi connectivity index (χ3n) is 3.89. The Balaban J connectivity index is 0.000000433. The molecule has 0 saturated heterocycles. The highest BCUT2D eigenvalue weighted by atomic mass is 16.7. The van der Waals surface area contributed by atoms with Crippen molar-refractivity contribution in [3.8, 4) is 17.2 Å². The molecule has 2 aromatic carbocycles. The Bertz CT molecular complexity index is 550.